The zero-order valence-corrected chi connectivity index (χ0v) is 11.8. The standard InChI is InChI=1S/C14H22F3N3/c1-2-8-20-13(6-7-19-20)10-18-12-5-3-4-11(9-12)14(15,16)17/h6-7,11-12,18H,2-5,8-10H2,1H3. The minimum Gasteiger partial charge on any atom is -0.308 e. The lowest BCUT2D eigenvalue weighted by atomic mass is 9.85. The van der Waals surface area contributed by atoms with E-state index in [0.717, 1.165) is 25.1 Å². The summed E-state index contributed by atoms with van der Waals surface area (Å²) in [5.74, 6) is -1.14. The number of nitrogens with one attached hydrogen (secondary N) is 1. The van der Waals surface area contributed by atoms with Crippen molar-refractivity contribution in [3.8, 4) is 0 Å². The first kappa shape index (κ1) is 15.4. The first-order valence-electron chi connectivity index (χ1n) is 7.31. The van der Waals surface area contributed by atoms with Crippen molar-refractivity contribution in [3.05, 3.63) is 18.0 Å². The second-order valence-corrected chi connectivity index (χ2v) is 5.53. The Morgan fingerprint density at radius 2 is 2.20 bits per heavy atom. The summed E-state index contributed by atoms with van der Waals surface area (Å²) < 4.78 is 40.2. The van der Waals surface area contributed by atoms with Crippen LogP contribution < -0.4 is 5.32 Å². The number of halogens is 3. The predicted molar refractivity (Wildman–Crippen MR) is 71.2 cm³/mol. The van der Waals surface area contributed by atoms with E-state index in [1.54, 1.807) is 6.20 Å². The van der Waals surface area contributed by atoms with Crippen molar-refractivity contribution in [1.82, 2.24) is 15.1 Å². The molecule has 114 valence electrons. The van der Waals surface area contributed by atoms with E-state index in [-0.39, 0.29) is 18.9 Å². The minimum atomic E-state index is -4.05. The fourth-order valence-electron chi connectivity index (χ4n) is 2.84. The number of hydrogen-bond acceptors (Lipinski definition) is 2. The van der Waals surface area contributed by atoms with Crippen LogP contribution in [0, 0.1) is 5.92 Å². The van der Waals surface area contributed by atoms with Crippen LogP contribution in [0.1, 0.15) is 44.7 Å². The molecule has 1 saturated carbocycles. The number of hydrogen-bond donors (Lipinski definition) is 1. The highest BCUT2D eigenvalue weighted by molar-refractivity contribution is 5.00. The maximum absolute atomic E-state index is 12.8. The third-order valence-electron chi connectivity index (χ3n) is 3.95. The lowest BCUT2D eigenvalue weighted by Crippen LogP contribution is -2.38. The van der Waals surface area contributed by atoms with Crippen molar-refractivity contribution in [2.75, 3.05) is 0 Å². The molecule has 0 aromatic carbocycles. The molecule has 2 atom stereocenters. The Morgan fingerprint density at radius 3 is 2.90 bits per heavy atom. The Morgan fingerprint density at radius 1 is 1.40 bits per heavy atom. The van der Waals surface area contributed by atoms with Crippen LogP contribution in [0.25, 0.3) is 0 Å². The van der Waals surface area contributed by atoms with Gasteiger partial charge < -0.3 is 5.32 Å². The molecule has 0 amide bonds. The number of nitrogens with zero attached hydrogens (tertiary/aromatic N) is 2. The molecule has 1 aliphatic carbocycles. The lowest BCUT2D eigenvalue weighted by Gasteiger charge is -2.31. The minimum absolute atomic E-state index is 0.0413. The van der Waals surface area contributed by atoms with Crippen LogP contribution in [0.15, 0.2) is 12.3 Å². The Kier molecular flexibility index (Phi) is 5.07. The molecule has 3 nitrogen and oxygen atoms in total. The first-order chi connectivity index (χ1) is 9.50. The molecule has 2 rings (SSSR count). The van der Waals surface area contributed by atoms with Crippen molar-refractivity contribution in [3.63, 3.8) is 0 Å². The first-order valence-corrected chi connectivity index (χ1v) is 7.31. The second-order valence-electron chi connectivity index (χ2n) is 5.53. The average molecular weight is 289 g/mol. The maximum Gasteiger partial charge on any atom is 0.391 e. The summed E-state index contributed by atoms with van der Waals surface area (Å²) in [5.41, 5.74) is 1.04. The molecule has 1 N–H and O–H groups in total. The molecule has 1 heterocycles. The molecule has 0 bridgehead atoms. The summed E-state index contributed by atoms with van der Waals surface area (Å²) in [6, 6.07) is 1.88. The molecule has 1 aromatic heterocycles. The van der Waals surface area contributed by atoms with Crippen molar-refractivity contribution in [2.24, 2.45) is 5.92 Å². The molecule has 0 saturated heterocycles. The molecule has 6 heteroatoms. The topological polar surface area (TPSA) is 29.9 Å². The summed E-state index contributed by atoms with van der Waals surface area (Å²) >= 11 is 0. The SMILES string of the molecule is CCCn1nccc1CNC1CCCC(C(F)(F)F)C1. The van der Waals surface area contributed by atoms with Gasteiger partial charge in [0.15, 0.2) is 0 Å². The Balaban J connectivity index is 1.86. The van der Waals surface area contributed by atoms with Gasteiger partial charge in [-0.3, -0.25) is 4.68 Å². The molecule has 0 spiro atoms. The van der Waals surface area contributed by atoms with E-state index < -0.39 is 12.1 Å². The lowest BCUT2D eigenvalue weighted by molar-refractivity contribution is -0.183. The molecular weight excluding hydrogens is 267 g/mol. The predicted octanol–water partition coefficient (Wildman–Crippen LogP) is 3.50. The van der Waals surface area contributed by atoms with E-state index in [9.17, 15) is 13.2 Å². The molecule has 2 unspecified atom stereocenters. The van der Waals surface area contributed by atoms with E-state index in [4.69, 9.17) is 0 Å². The van der Waals surface area contributed by atoms with Gasteiger partial charge in [0.1, 0.15) is 0 Å². The molecular formula is C14H22F3N3. The molecule has 1 aromatic rings. The van der Waals surface area contributed by atoms with Crippen molar-refractivity contribution in [2.45, 2.75) is 64.3 Å². The monoisotopic (exact) mass is 289 g/mol. The third-order valence-corrected chi connectivity index (χ3v) is 3.95. The fraction of sp³-hybridized carbons (Fsp3) is 0.786. The Labute approximate surface area is 117 Å². The highest BCUT2D eigenvalue weighted by atomic mass is 19.4. The largest absolute Gasteiger partial charge is 0.391 e. The van der Waals surface area contributed by atoms with Crippen LogP contribution >= 0.6 is 0 Å². The van der Waals surface area contributed by atoms with Gasteiger partial charge in [-0.15, -0.1) is 0 Å². The molecule has 20 heavy (non-hydrogen) atoms. The van der Waals surface area contributed by atoms with Gasteiger partial charge in [0.05, 0.1) is 11.6 Å². The van der Waals surface area contributed by atoms with Crippen LogP contribution in [0.5, 0.6) is 0 Å². The van der Waals surface area contributed by atoms with Gasteiger partial charge in [-0.2, -0.15) is 18.3 Å². The van der Waals surface area contributed by atoms with Crippen molar-refractivity contribution < 1.29 is 13.2 Å². The maximum atomic E-state index is 12.8. The number of aromatic nitrogens is 2. The van der Waals surface area contributed by atoms with Gasteiger partial charge in [-0.05, 0) is 31.7 Å². The summed E-state index contributed by atoms with van der Waals surface area (Å²) in [7, 11) is 0. The van der Waals surface area contributed by atoms with Crippen LogP contribution in [0.3, 0.4) is 0 Å². The van der Waals surface area contributed by atoms with Crippen LogP contribution in [0.2, 0.25) is 0 Å². The summed E-state index contributed by atoms with van der Waals surface area (Å²) in [6.45, 7) is 3.52. The van der Waals surface area contributed by atoms with Gasteiger partial charge in [0.2, 0.25) is 0 Å². The van der Waals surface area contributed by atoms with Crippen LogP contribution in [-0.2, 0) is 13.1 Å². The van der Waals surface area contributed by atoms with E-state index in [0.29, 0.717) is 13.0 Å². The van der Waals surface area contributed by atoms with E-state index in [1.165, 1.54) is 0 Å². The highest BCUT2D eigenvalue weighted by Gasteiger charge is 2.41. The summed E-state index contributed by atoms with van der Waals surface area (Å²) in [4.78, 5) is 0. The highest BCUT2D eigenvalue weighted by Crippen LogP contribution is 2.37. The molecule has 1 fully saturated rings. The van der Waals surface area contributed by atoms with Gasteiger partial charge in [-0.25, -0.2) is 0 Å². The van der Waals surface area contributed by atoms with Crippen LogP contribution in [-0.4, -0.2) is 22.0 Å². The van der Waals surface area contributed by atoms with Crippen molar-refractivity contribution >= 4 is 0 Å². The Hall–Kier alpha value is -1.04. The fourth-order valence-corrected chi connectivity index (χ4v) is 2.84. The number of alkyl halides is 3. The summed E-state index contributed by atoms with van der Waals surface area (Å²) in [6.07, 6.45) is 0.635. The van der Waals surface area contributed by atoms with Gasteiger partial charge in [-0.1, -0.05) is 13.3 Å². The zero-order valence-electron chi connectivity index (χ0n) is 11.8. The Bertz CT molecular complexity index is 414. The smallest absolute Gasteiger partial charge is 0.308 e. The molecule has 0 aliphatic heterocycles. The van der Waals surface area contributed by atoms with Crippen LogP contribution in [0.4, 0.5) is 13.2 Å². The number of aryl methyl sites for hydroxylation is 1. The molecule has 1 aliphatic rings. The normalized spacial score (nSPS) is 24.0. The van der Waals surface area contributed by atoms with Crippen molar-refractivity contribution in [1.29, 1.82) is 0 Å². The number of rotatable bonds is 5. The third kappa shape index (κ3) is 3.98. The van der Waals surface area contributed by atoms with Gasteiger partial charge in [0, 0.05) is 25.3 Å². The molecule has 0 radical (unpaired) electrons. The van der Waals surface area contributed by atoms with E-state index >= 15 is 0 Å². The summed E-state index contributed by atoms with van der Waals surface area (Å²) in [5, 5.41) is 7.48. The quantitative estimate of drug-likeness (QED) is 0.899. The van der Waals surface area contributed by atoms with Gasteiger partial charge in [0.25, 0.3) is 0 Å². The average Bonchev–Trinajstić information content (AvgIpc) is 2.84. The van der Waals surface area contributed by atoms with E-state index in [1.807, 2.05) is 10.7 Å². The zero-order chi connectivity index (χ0) is 14.6. The van der Waals surface area contributed by atoms with Gasteiger partial charge >= 0.3 is 6.18 Å². The second kappa shape index (κ2) is 6.61. The van der Waals surface area contributed by atoms with E-state index in [2.05, 4.69) is 17.3 Å².